The van der Waals surface area contributed by atoms with Gasteiger partial charge in [0.2, 0.25) is 0 Å². The molecule has 0 amide bonds. The Morgan fingerprint density at radius 1 is 0.298 bits per heavy atom. The molecule has 0 aliphatic carbocycles. The van der Waals surface area contributed by atoms with E-state index in [1.807, 2.05) is 21.1 Å². The normalized spacial score (nSPS) is 14.6. The summed E-state index contributed by atoms with van der Waals surface area (Å²) in [6.07, 6.45) is 134. The third-order valence-corrected chi connectivity index (χ3v) is 16.4. The van der Waals surface area contributed by atoms with E-state index in [2.05, 4.69) is 293 Å². The standard InChI is InChI=1S/C94H142NO8P/c1-6-8-10-12-14-16-18-20-22-24-26-28-30-32-34-36-38-40-42-44-46-47-49-50-52-54-56-58-60-62-64-66-68-70-72-74-76-78-80-82-84-86-93(96)100-90-92(91-102-104(98,99)101-89-88-95(3,4)5)103-94(97)87-85-83-81-79-77-75-73-71-69-67-65-63-61-59-57-55-53-51-48-45-43-41-39-37-35-33-31-29-27-25-23-21-19-17-15-13-11-9-7-2/h8-11,14-17,20-23,26-29,32-35,38-41,44-46,48-50,53-56,59-62,65-68,71,73,77,79,92H,6-7,12-13,18-19,24-25,30-31,36-37,42-43,47,51-52,57-58,63-64,69-70,72,74-76,78,80-91H2,1-5H3/b10-8-,11-9-,16-14-,17-15-,22-20-,23-21-,28-26-,29-27-,34-32-,35-33-,40-38-,41-39-,46-44-,48-45-,50-49-,55-53-,56-54-,61-59-,62-60-,67-65-,68-66-,73-71-,79-77-. The fourth-order valence-corrected chi connectivity index (χ4v) is 10.2. The third-order valence-electron chi connectivity index (χ3n) is 15.4. The SMILES string of the molecule is CC/C=C\C/C=C\C/C=C\C/C=C\C/C=C\C/C=C\C/C=C\C/C=C\C/C=C\C/C=C\C/C=C\C/C=C\CCCCC(=O)OC(COC(=O)CCCCCCCCC/C=C\C/C=C\C/C=C\C/C=C\C/C=C\C/C=C\C/C=C\C/C=C\C/C=C\C/C=C\C/C=C\CC)COP(=O)([O-])OCC[N+](C)(C)C. The van der Waals surface area contributed by atoms with Crippen LogP contribution >= 0.6 is 7.82 Å². The lowest BCUT2D eigenvalue weighted by Gasteiger charge is -2.28. The molecule has 2 atom stereocenters. The first kappa shape index (κ1) is 97.0. The monoisotopic (exact) mass is 1440 g/mol. The molecule has 0 N–H and O–H groups in total. The number of carbonyl (C=O) groups excluding carboxylic acids is 2. The number of rotatable bonds is 69. The largest absolute Gasteiger partial charge is 0.756 e. The Morgan fingerprint density at radius 3 is 0.788 bits per heavy atom. The summed E-state index contributed by atoms with van der Waals surface area (Å²) in [5.74, 6) is -0.921. The van der Waals surface area contributed by atoms with Crippen molar-refractivity contribution >= 4 is 19.8 Å². The second-order valence-electron chi connectivity index (χ2n) is 26.3. The summed E-state index contributed by atoms with van der Waals surface area (Å²) in [7, 11) is 1.09. The minimum atomic E-state index is -4.68. The van der Waals surface area contributed by atoms with E-state index >= 15 is 0 Å². The van der Waals surface area contributed by atoms with E-state index in [-0.39, 0.29) is 26.1 Å². The molecule has 0 aromatic carbocycles. The number of esters is 2. The van der Waals surface area contributed by atoms with Crippen molar-refractivity contribution in [3.05, 3.63) is 279 Å². The fourth-order valence-electron chi connectivity index (χ4n) is 9.46. The first-order valence-corrected chi connectivity index (χ1v) is 41.2. The van der Waals surface area contributed by atoms with Crippen molar-refractivity contribution in [2.24, 2.45) is 0 Å². The van der Waals surface area contributed by atoms with E-state index in [9.17, 15) is 19.0 Å². The van der Waals surface area contributed by atoms with Crippen molar-refractivity contribution in [3.8, 4) is 0 Å². The van der Waals surface area contributed by atoms with E-state index < -0.39 is 32.5 Å². The van der Waals surface area contributed by atoms with Crippen LogP contribution in [0.15, 0.2) is 279 Å². The fraction of sp³-hybridized carbons (Fsp3) is 0.489. The van der Waals surface area contributed by atoms with Crippen LogP contribution < -0.4 is 4.89 Å². The smallest absolute Gasteiger partial charge is 0.306 e. The molecule has 9 nitrogen and oxygen atoms in total. The Bertz CT molecular complexity index is 2820. The Hall–Kier alpha value is -6.97. The highest BCUT2D eigenvalue weighted by atomic mass is 31.2. The maximum atomic E-state index is 12.9. The van der Waals surface area contributed by atoms with Gasteiger partial charge in [0, 0.05) is 12.8 Å². The third kappa shape index (κ3) is 84.0. The van der Waals surface area contributed by atoms with Gasteiger partial charge in [-0.2, -0.15) is 0 Å². The van der Waals surface area contributed by atoms with Gasteiger partial charge in [-0.25, -0.2) is 0 Å². The lowest BCUT2D eigenvalue weighted by molar-refractivity contribution is -0.870. The number of hydrogen-bond acceptors (Lipinski definition) is 8. The van der Waals surface area contributed by atoms with Crippen molar-refractivity contribution in [1.29, 1.82) is 0 Å². The zero-order valence-corrected chi connectivity index (χ0v) is 66.5. The highest BCUT2D eigenvalue weighted by Gasteiger charge is 2.22. The minimum absolute atomic E-state index is 0.0572. The number of phosphoric acid groups is 1. The maximum Gasteiger partial charge on any atom is 0.306 e. The molecule has 0 bridgehead atoms. The molecule has 104 heavy (non-hydrogen) atoms. The summed E-state index contributed by atoms with van der Waals surface area (Å²) >= 11 is 0. The molecule has 576 valence electrons. The average Bonchev–Trinajstić information content (AvgIpc) is 0.915. The van der Waals surface area contributed by atoms with Crippen LogP contribution in [0.3, 0.4) is 0 Å². The number of hydrogen-bond donors (Lipinski definition) is 0. The van der Waals surface area contributed by atoms with Crippen LogP contribution in [-0.4, -0.2) is 70.0 Å². The Morgan fingerprint density at radius 2 is 0.519 bits per heavy atom. The van der Waals surface area contributed by atoms with Crippen LogP contribution in [0, 0.1) is 0 Å². The van der Waals surface area contributed by atoms with E-state index in [4.69, 9.17) is 18.5 Å². The second kappa shape index (κ2) is 80.1. The Balaban J connectivity index is 4.23. The van der Waals surface area contributed by atoms with Crippen molar-refractivity contribution in [1.82, 2.24) is 0 Å². The van der Waals surface area contributed by atoms with Crippen LogP contribution in [-0.2, 0) is 32.7 Å². The molecule has 0 aromatic rings. The molecule has 0 radical (unpaired) electrons. The summed E-state index contributed by atoms with van der Waals surface area (Å²) in [5, 5.41) is 0. The number of unbranched alkanes of at least 4 members (excludes halogenated alkanes) is 9. The number of phosphoric ester groups is 1. The van der Waals surface area contributed by atoms with Gasteiger partial charge in [-0.1, -0.05) is 325 Å². The molecule has 0 saturated carbocycles. The highest BCUT2D eigenvalue weighted by Crippen LogP contribution is 2.38. The molecule has 0 aliphatic rings. The molecular weight excluding hydrogens is 1300 g/mol. The molecule has 0 heterocycles. The van der Waals surface area contributed by atoms with E-state index in [0.717, 1.165) is 193 Å². The molecule has 2 unspecified atom stereocenters. The number of nitrogens with zero attached hydrogens (tertiary/aromatic N) is 1. The number of allylic oxidation sites excluding steroid dienone is 46. The number of quaternary nitrogens is 1. The average molecular weight is 1450 g/mol. The first-order valence-electron chi connectivity index (χ1n) is 39.7. The van der Waals surface area contributed by atoms with Gasteiger partial charge in [0.05, 0.1) is 27.7 Å². The van der Waals surface area contributed by atoms with Gasteiger partial charge in [0.15, 0.2) is 6.10 Å². The summed E-state index contributed by atoms with van der Waals surface area (Å²) < 4.78 is 34.3. The lowest BCUT2D eigenvalue weighted by Crippen LogP contribution is -2.37. The predicted molar refractivity (Wildman–Crippen MR) is 451 cm³/mol. The zero-order chi connectivity index (χ0) is 75.4. The predicted octanol–water partition coefficient (Wildman–Crippen LogP) is 26.5. The topological polar surface area (TPSA) is 111 Å². The van der Waals surface area contributed by atoms with Gasteiger partial charge in [-0.3, -0.25) is 14.2 Å². The lowest BCUT2D eigenvalue weighted by atomic mass is 10.1. The molecule has 0 saturated heterocycles. The molecule has 0 fully saturated rings. The van der Waals surface area contributed by atoms with Crippen molar-refractivity contribution < 1.29 is 42.1 Å². The van der Waals surface area contributed by atoms with Gasteiger partial charge in [-0.15, -0.1) is 0 Å². The minimum Gasteiger partial charge on any atom is -0.756 e. The van der Waals surface area contributed by atoms with Gasteiger partial charge in [-0.05, 0) is 186 Å². The van der Waals surface area contributed by atoms with Crippen LogP contribution in [0.25, 0.3) is 0 Å². The van der Waals surface area contributed by atoms with E-state index in [1.165, 1.54) is 12.8 Å². The second-order valence-corrected chi connectivity index (χ2v) is 27.7. The molecule has 0 aromatic heterocycles. The van der Waals surface area contributed by atoms with Crippen LogP contribution in [0.4, 0.5) is 0 Å². The molecule has 0 rings (SSSR count). The number of ether oxygens (including phenoxy) is 2. The van der Waals surface area contributed by atoms with Gasteiger partial charge >= 0.3 is 11.9 Å². The molecule has 0 spiro atoms. The Kier molecular flexibility index (Phi) is 74.8. The van der Waals surface area contributed by atoms with Crippen LogP contribution in [0.5, 0.6) is 0 Å². The van der Waals surface area contributed by atoms with Crippen molar-refractivity contribution in [2.75, 3.05) is 47.5 Å². The van der Waals surface area contributed by atoms with E-state index in [1.54, 1.807) is 0 Å². The number of carbonyl (C=O) groups is 2. The summed E-state index contributed by atoms with van der Waals surface area (Å²) in [5.41, 5.74) is 0. The maximum absolute atomic E-state index is 12.9. The van der Waals surface area contributed by atoms with Gasteiger partial charge in [0.1, 0.15) is 19.8 Å². The van der Waals surface area contributed by atoms with Crippen molar-refractivity contribution in [2.45, 2.75) is 251 Å². The van der Waals surface area contributed by atoms with Crippen LogP contribution in [0.2, 0.25) is 0 Å². The van der Waals surface area contributed by atoms with Gasteiger partial charge in [0.25, 0.3) is 7.82 Å². The van der Waals surface area contributed by atoms with Crippen LogP contribution in [0.1, 0.15) is 245 Å². The quantitative estimate of drug-likeness (QED) is 0.0195. The van der Waals surface area contributed by atoms with E-state index in [0.29, 0.717) is 23.9 Å². The summed E-state index contributed by atoms with van der Waals surface area (Å²) in [4.78, 5) is 38.2. The highest BCUT2D eigenvalue weighted by molar-refractivity contribution is 7.45. The first-order chi connectivity index (χ1) is 51.0. The van der Waals surface area contributed by atoms with Gasteiger partial charge < -0.3 is 27.9 Å². The number of likely N-dealkylation sites (N-methyl/N-ethyl adjacent to an activating group) is 1. The Labute approximate surface area is 636 Å². The summed E-state index contributed by atoms with van der Waals surface area (Å²) in [6.45, 7) is 3.91. The zero-order valence-electron chi connectivity index (χ0n) is 65.6. The summed E-state index contributed by atoms with van der Waals surface area (Å²) in [6, 6.07) is 0. The molecular formula is C94H142NO8P. The molecule has 10 heteroatoms. The van der Waals surface area contributed by atoms with Crippen molar-refractivity contribution in [3.63, 3.8) is 0 Å². The molecule has 0 aliphatic heterocycles.